The standard InChI is InChI=1S/2C17H15N3O5.C2H6O/c2*1-23-8-12-10(7-18)17(13(14(19)25-12)15(21)24-2)9-5-3-4-6-11(9)20-16(17)22;1-2-3/h2*3-6H,8,19H2,1-2H3,(H,20,22);3H,2H2,1H3. The number of anilines is 2. The first kappa shape index (κ1) is 39.1. The summed E-state index contributed by atoms with van der Waals surface area (Å²) in [6.45, 7) is 1.75. The first-order valence-electron chi connectivity index (χ1n) is 15.7. The molecule has 0 radical (unpaired) electrons. The Morgan fingerprint density at radius 2 is 1.08 bits per heavy atom. The third-order valence-corrected chi connectivity index (χ3v) is 8.41. The second-order valence-electron chi connectivity index (χ2n) is 11.2. The first-order chi connectivity index (χ1) is 25.4. The number of methoxy groups -OCH3 is 4. The molecular weight excluding hydrogens is 692 g/mol. The normalized spacial score (nSPS) is 20.7. The Hall–Kier alpha value is -6.66. The lowest BCUT2D eigenvalue weighted by molar-refractivity contribution is -0.139. The van der Waals surface area contributed by atoms with Gasteiger partial charge in [0.05, 0.1) is 25.4 Å². The zero-order chi connectivity index (χ0) is 39.1. The van der Waals surface area contributed by atoms with Gasteiger partial charge in [0.1, 0.15) is 48.0 Å². The predicted octanol–water partition coefficient (Wildman–Crippen LogP) is 1.35. The van der Waals surface area contributed by atoms with Crippen molar-refractivity contribution in [3.8, 4) is 12.1 Å². The van der Waals surface area contributed by atoms with Crippen molar-refractivity contribution in [3.63, 3.8) is 0 Å². The highest BCUT2D eigenvalue weighted by Gasteiger charge is 2.61. The maximum absolute atomic E-state index is 13.0. The van der Waals surface area contributed by atoms with Crippen LogP contribution in [0.15, 0.2) is 94.1 Å². The Labute approximate surface area is 303 Å². The Morgan fingerprint density at radius 1 is 0.736 bits per heavy atom. The summed E-state index contributed by atoms with van der Waals surface area (Å²) < 4.78 is 30.5. The second kappa shape index (κ2) is 16.1. The smallest absolute Gasteiger partial charge is 0.341 e. The molecule has 4 heterocycles. The Bertz CT molecular complexity index is 1930. The van der Waals surface area contributed by atoms with E-state index < -0.39 is 34.6 Å². The van der Waals surface area contributed by atoms with E-state index >= 15 is 0 Å². The number of ether oxygens (including phenoxy) is 6. The van der Waals surface area contributed by atoms with Gasteiger partial charge < -0.3 is 55.6 Å². The molecule has 6 rings (SSSR count). The Balaban J connectivity index is 0.000000220. The summed E-state index contributed by atoms with van der Waals surface area (Å²) in [5.41, 5.74) is 9.64. The highest BCUT2D eigenvalue weighted by molar-refractivity contribution is 6.18. The van der Waals surface area contributed by atoms with Gasteiger partial charge in [0.25, 0.3) is 0 Å². The van der Waals surface area contributed by atoms with Crippen LogP contribution in [0.1, 0.15) is 18.1 Å². The van der Waals surface area contributed by atoms with Crippen molar-refractivity contribution >= 4 is 35.1 Å². The number of amides is 2. The fourth-order valence-corrected chi connectivity index (χ4v) is 6.48. The van der Waals surface area contributed by atoms with Crippen LogP contribution in [0, 0.1) is 22.7 Å². The van der Waals surface area contributed by atoms with Gasteiger partial charge in [-0.3, -0.25) is 9.59 Å². The number of nitriles is 2. The van der Waals surface area contributed by atoms with Crippen molar-refractivity contribution in [2.75, 3.05) is 58.9 Å². The predicted molar refractivity (Wildman–Crippen MR) is 184 cm³/mol. The van der Waals surface area contributed by atoms with Gasteiger partial charge in [-0.25, -0.2) is 9.59 Å². The number of carbonyl (C=O) groups is 4. The molecule has 276 valence electrons. The lowest BCUT2D eigenvalue weighted by Gasteiger charge is -2.34. The molecule has 4 aliphatic rings. The fraction of sp³-hybridized carbons (Fsp3) is 0.278. The van der Waals surface area contributed by atoms with Crippen LogP contribution in [0.2, 0.25) is 0 Å². The summed E-state index contributed by atoms with van der Waals surface area (Å²) in [6, 6.07) is 17.5. The summed E-state index contributed by atoms with van der Waals surface area (Å²) in [5.74, 6) is -3.32. The van der Waals surface area contributed by atoms with E-state index in [2.05, 4.69) is 10.6 Å². The third-order valence-electron chi connectivity index (χ3n) is 8.41. The number of aliphatic hydroxyl groups is 1. The van der Waals surface area contributed by atoms with Gasteiger partial charge in [-0.1, -0.05) is 36.4 Å². The van der Waals surface area contributed by atoms with Gasteiger partial charge in [-0.15, -0.1) is 0 Å². The molecular formula is C36H36N6O11. The quantitative estimate of drug-likeness (QED) is 0.263. The summed E-state index contributed by atoms with van der Waals surface area (Å²) in [5, 5.41) is 32.5. The molecule has 2 amide bonds. The van der Waals surface area contributed by atoms with Crippen molar-refractivity contribution in [1.82, 2.24) is 0 Å². The van der Waals surface area contributed by atoms with Gasteiger partial charge in [0.2, 0.25) is 23.6 Å². The number of rotatable bonds is 6. The number of fused-ring (bicyclic) bond motifs is 4. The number of hydrogen-bond donors (Lipinski definition) is 5. The second-order valence-corrected chi connectivity index (χ2v) is 11.2. The largest absolute Gasteiger partial charge is 0.465 e. The number of benzene rings is 2. The molecule has 0 saturated heterocycles. The van der Waals surface area contributed by atoms with E-state index in [1.54, 1.807) is 55.5 Å². The summed E-state index contributed by atoms with van der Waals surface area (Å²) in [7, 11) is 5.15. The van der Waals surface area contributed by atoms with Crippen LogP contribution in [0.3, 0.4) is 0 Å². The highest BCUT2D eigenvalue weighted by Crippen LogP contribution is 2.53. The minimum absolute atomic E-state index is 0.0635. The molecule has 0 saturated carbocycles. The van der Waals surface area contributed by atoms with Crippen LogP contribution in [0.25, 0.3) is 0 Å². The molecule has 2 spiro atoms. The number of nitrogens with one attached hydrogen (secondary N) is 2. The highest BCUT2D eigenvalue weighted by atomic mass is 16.5. The molecule has 17 nitrogen and oxygen atoms in total. The van der Waals surface area contributed by atoms with Crippen LogP contribution >= 0.6 is 0 Å². The number of nitrogens with two attached hydrogens (primary N) is 2. The SMILES string of the molecule is CCO.COCC1=C(C#N)C2(C(=O)Nc3ccccc32)C(C(=O)OC)=C(N)O1.COCC1=C(C#N)C2(C(=O)Nc3ccccc32)C(C(=O)OC)=C(N)O1. The van der Waals surface area contributed by atoms with E-state index in [4.69, 9.17) is 45.0 Å². The number of aliphatic hydroxyl groups excluding tert-OH is 1. The van der Waals surface area contributed by atoms with Crippen molar-refractivity contribution in [3.05, 3.63) is 105 Å². The van der Waals surface area contributed by atoms with E-state index in [-0.39, 0.29) is 65.4 Å². The summed E-state index contributed by atoms with van der Waals surface area (Å²) in [6.07, 6.45) is 0. The van der Waals surface area contributed by atoms with Crippen molar-refractivity contribution < 1.29 is 52.7 Å². The molecule has 2 unspecified atom stereocenters. The molecule has 7 N–H and O–H groups in total. The van der Waals surface area contributed by atoms with Crippen molar-refractivity contribution in [2.45, 2.75) is 17.8 Å². The molecule has 53 heavy (non-hydrogen) atoms. The first-order valence-corrected chi connectivity index (χ1v) is 15.7. The van der Waals surface area contributed by atoms with E-state index in [0.29, 0.717) is 22.5 Å². The van der Waals surface area contributed by atoms with E-state index in [1.165, 1.54) is 14.2 Å². The fourth-order valence-electron chi connectivity index (χ4n) is 6.48. The number of esters is 2. The lowest BCUT2D eigenvalue weighted by Crippen LogP contribution is -2.46. The lowest BCUT2D eigenvalue weighted by atomic mass is 9.68. The van der Waals surface area contributed by atoms with Crippen LogP contribution in [-0.4, -0.2) is 77.1 Å². The molecule has 2 aromatic rings. The third kappa shape index (κ3) is 6.19. The molecule has 17 heteroatoms. The van der Waals surface area contributed by atoms with Crippen molar-refractivity contribution in [2.24, 2.45) is 11.5 Å². The minimum atomic E-state index is -1.74. The van der Waals surface area contributed by atoms with E-state index in [0.717, 1.165) is 14.2 Å². The molecule has 2 aromatic carbocycles. The monoisotopic (exact) mass is 728 g/mol. The Kier molecular flexibility index (Phi) is 11.9. The number of para-hydroxylation sites is 2. The molecule has 0 aromatic heterocycles. The topological polar surface area (TPSA) is 268 Å². The summed E-state index contributed by atoms with van der Waals surface area (Å²) >= 11 is 0. The minimum Gasteiger partial charge on any atom is -0.465 e. The van der Waals surface area contributed by atoms with E-state index in [1.807, 2.05) is 12.1 Å². The van der Waals surface area contributed by atoms with Gasteiger partial charge >= 0.3 is 11.9 Å². The molecule has 0 bridgehead atoms. The van der Waals surface area contributed by atoms with Gasteiger partial charge in [-0.05, 0) is 19.1 Å². The number of carbonyl (C=O) groups excluding carboxylic acids is 4. The maximum Gasteiger partial charge on any atom is 0.341 e. The maximum atomic E-state index is 13.0. The van der Waals surface area contributed by atoms with Crippen LogP contribution in [0.5, 0.6) is 0 Å². The number of hydrogen-bond acceptors (Lipinski definition) is 15. The zero-order valence-electron chi connectivity index (χ0n) is 29.3. The van der Waals surface area contributed by atoms with Crippen molar-refractivity contribution in [1.29, 1.82) is 10.5 Å². The molecule has 4 aliphatic heterocycles. The van der Waals surface area contributed by atoms with Crippen LogP contribution in [0.4, 0.5) is 11.4 Å². The average molecular weight is 729 g/mol. The van der Waals surface area contributed by atoms with Gasteiger partial charge in [0, 0.05) is 43.3 Å². The van der Waals surface area contributed by atoms with Gasteiger partial charge in [-0.2, -0.15) is 10.5 Å². The molecule has 0 aliphatic carbocycles. The average Bonchev–Trinajstić information content (AvgIpc) is 3.59. The zero-order valence-corrected chi connectivity index (χ0v) is 29.3. The molecule has 2 atom stereocenters. The van der Waals surface area contributed by atoms with E-state index in [9.17, 15) is 29.7 Å². The Morgan fingerprint density at radius 3 is 1.38 bits per heavy atom. The summed E-state index contributed by atoms with van der Waals surface area (Å²) in [4.78, 5) is 50.9. The molecule has 0 fully saturated rings. The van der Waals surface area contributed by atoms with Crippen LogP contribution in [-0.2, 0) is 58.4 Å². The van der Waals surface area contributed by atoms with Crippen LogP contribution < -0.4 is 22.1 Å². The number of nitrogens with zero attached hydrogens (tertiary/aromatic N) is 2. The van der Waals surface area contributed by atoms with Gasteiger partial charge in [0.15, 0.2) is 10.8 Å².